The van der Waals surface area contributed by atoms with Gasteiger partial charge in [-0.3, -0.25) is 14.6 Å². The van der Waals surface area contributed by atoms with E-state index < -0.39 is 27.8 Å². The fourth-order valence-corrected chi connectivity index (χ4v) is 4.61. The molecule has 1 fully saturated rings. The van der Waals surface area contributed by atoms with Crippen molar-refractivity contribution < 1.29 is 23.1 Å². The van der Waals surface area contributed by atoms with Crippen molar-refractivity contribution in [3.63, 3.8) is 0 Å². The summed E-state index contributed by atoms with van der Waals surface area (Å²) in [5, 5.41) is 11.1. The van der Waals surface area contributed by atoms with Crippen molar-refractivity contribution in [2.45, 2.75) is 17.4 Å². The van der Waals surface area contributed by atoms with Crippen LogP contribution in [-0.2, 0) is 19.6 Å². The first-order chi connectivity index (χ1) is 15.6. The first kappa shape index (κ1) is 24.6. The minimum absolute atomic E-state index is 0.0285. The van der Waals surface area contributed by atoms with Gasteiger partial charge in [0.1, 0.15) is 5.76 Å². The lowest BCUT2D eigenvalue weighted by atomic mass is 9.96. The predicted octanol–water partition coefficient (Wildman–Crippen LogP) is 1.71. The summed E-state index contributed by atoms with van der Waals surface area (Å²) in [6.07, 6.45) is 3.78. The van der Waals surface area contributed by atoms with E-state index in [1.54, 1.807) is 24.5 Å². The van der Waals surface area contributed by atoms with E-state index in [0.717, 1.165) is 10.8 Å². The summed E-state index contributed by atoms with van der Waals surface area (Å²) in [5.74, 6) is -1.80. The number of carbonyl (C=O) groups is 2. The number of rotatable bonds is 8. The standard InChI is InChI=1S/C23H28N4O5S/c1-25(2)14-5-15-27-20(16-10-12-24-13-11-16)19(22(29)23(27)30)21(28)17-6-8-18(9-7-17)33(31,32)26(3)4/h6-13,20,28H,5,14-15H2,1-4H3/b21-19+/t20-/m0/s1. The van der Waals surface area contributed by atoms with Gasteiger partial charge in [0.2, 0.25) is 10.0 Å². The number of ketones is 1. The summed E-state index contributed by atoms with van der Waals surface area (Å²) in [6.45, 7) is 1.07. The number of nitrogens with zero attached hydrogens (tertiary/aromatic N) is 4. The number of hydrogen-bond acceptors (Lipinski definition) is 7. The Morgan fingerprint density at radius 3 is 2.18 bits per heavy atom. The highest BCUT2D eigenvalue weighted by molar-refractivity contribution is 7.89. The maximum Gasteiger partial charge on any atom is 0.295 e. The van der Waals surface area contributed by atoms with Gasteiger partial charge < -0.3 is 14.9 Å². The number of likely N-dealkylation sites (tertiary alicyclic amines) is 1. The molecule has 0 aliphatic carbocycles. The fraction of sp³-hybridized carbons (Fsp3) is 0.348. The lowest BCUT2D eigenvalue weighted by Gasteiger charge is -2.25. The number of sulfonamides is 1. The largest absolute Gasteiger partial charge is 0.507 e. The minimum Gasteiger partial charge on any atom is -0.507 e. The van der Waals surface area contributed by atoms with Gasteiger partial charge >= 0.3 is 0 Å². The Morgan fingerprint density at radius 1 is 1.03 bits per heavy atom. The first-order valence-electron chi connectivity index (χ1n) is 10.4. The Kier molecular flexibility index (Phi) is 7.31. The van der Waals surface area contributed by atoms with Crippen molar-refractivity contribution in [3.05, 3.63) is 65.5 Å². The Bertz CT molecular complexity index is 1160. The van der Waals surface area contributed by atoms with Crippen LogP contribution in [0, 0.1) is 0 Å². The predicted molar refractivity (Wildman–Crippen MR) is 124 cm³/mol. The van der Waals surface area contributed by atoms with Crippen LogP contribution in [0.5, 0.6) is 0 Å². The second-order valence-electron chi connectivity index (χ2n) is 8.24. The summed E-state index contributed by atoms with van der Waals surface area (Å²) in [5.41, 5.74) is 0.875. The molecule has 176 valence electrons. The van der Waals surface area contributed by atoms with Crippen LogP contribution in [0.25, 0.3) is 5.76 Å². The van der Waals surface area contributed by atoms with E-state index in [9.17, 15) is 23.1 Å². The third kappa shape index (κ3) is 4.97. The molecule has 0 bridgehead atoms. The second-order valence-corrected chi connectivity index (χ2v) is 10.4. The summed E-state index contributed by atoms with van der Waals surface area (Å²) in [4.78, 5) is 33.4. The Balaban J connectivity index is 2.06. The topological polar surface area (TPSA) is 111 Å². The Hall–Kier alpha value is -3.08. The molecule has 1 N–H and O–H groups in total. The highest BCUT2D eigenvalue weighted by Crippen LogP contribution is 2.39. The zero-order valence-corrected chi connectivity index (χ0v) is 19.9. The average Bonchev–Trinajstić information content (AvgIpc) is 3.04. The number of amides is 1. The highest BCUT2D eigenvalue weighted by atomic mass is 32.2. The number of aromatic nitrogens is 1. The molecule has 1 saturated heterocycles. The quantitative estimate of drug-likeness (QED) is 0.354. The van der Waals surface area contributed by atoms with E-state index in [0.29, 0.717) is 18.5 Å². The highest BCUT2D eigenvalue weighted by Gasteiger charge is 2.45. The maximum absolute atomic E-state index is 13.0. The molecule has 1 aromatic heterocycles. The molecule has 1 aliphatic rings. The van der Waals surface area contributed by atoms with Crippen LogP contribution in [0.4, 0.5) is 0 Å². The van der Waals surface area contributed by atoms with Crippen molar-refractivity contribution in [1.82, 2.24) is 19.1 Å². The van der Waals surface area contributed by atoms with Crippen LogP contribution in [0.2, 0.25) is 0 Å². The molecule has 9 nitrogen and oxygen atoms in total. The number of aliphatic hydroxyl groups excluding tert-OH is 1. The minimum atomic E-state index is -3.64. The van der Waals surface area contributed by atoms with Crippen molar-refractivity contribution >= 4 is 27.5 Å². The third-order valence-electron chi connectivity index (χ3n) is 5.47. The lowest BCUT2D eigenvalue weighted by molar-refractivity contribution is -0.139. The zero-order chi connectivity index (χ0) is 24.3. The summed E-state index contributed by atoms with van der Waals surface area (Å²) in [7, 11) is 3.06. The van der Waals surface area contributed by atoms with Crippen LogP contribution in [0.1, 0.15) is 23.6 Å². The molecule has 33 heavy (non-hydrogen) atoms. The van der Waals surface area contributed by atoms with Gasteiger partial charge in [-0.15, -0.1) is 0 Å². The van der Waals surface area contributed by atoms with Crippen molar-refractivity contribution in [2.24, 2.45) is 0 Å². The number of carbonyl (C=O) groups excluding carboxylic acids is 2. The van der Waals surface area contributed by atoms with E-state index in [4.69, 9.17) is 0 Å². The van der Waals surface area contributed by atoms with Gasteiger partial charge in [0, 0.05) is 38.6 Å². The number of aliphatic hydroxyl groups is 1. The fourth-order valence-electron chi connectivity index (χ4n) is 3.71. The second kappa shape index (κ2) is 9.82. The Morgan fingerprint density at radius 2 is 1.64 bits per heavy atom. The van der Waals surface area contributed by atoms with Gasteiger partial charge in [0.25, 0.3) is 11.7 Å². The van der Waals surface area contributed by atoms with Crippen molar-refractivity contribution in [3.8, 4) is 0 Å². The molecule has 10 heteroatoms. The van der Waals surface area contributed by atoms with E-state index in [1.807, 2.05) is 19.0 Å². The molecular weight excluding hydrogens is 444 g/mol. The zero-order valence-electron chi connectivity index (χ0n) is 19.1. The van der Waals surface area contributed by atoms with Crippen molar-refractivity contribution in [1.29, 1.82) is 0 Å². The van der Waals surface area contributed by atoms with Crippen molar-refractivity contribution in [2.75, 3.05) is 41.3 Å². The van der Waals surface area contributed by atoms with Gasteiger partial charge in [-0.25, -0.2) is 12.7 Å². The molecule has 2 heterocycles. The lowest BCUT2D eigenvalue weighted by Crippen LogP contribution is -2.32. The van der Waals surface area contributed by atoms with Crippen LogP contribution in [0.3, 0.4) is 0 Å². The van der Waals surface area contributed by atoms with Gasteiger partial charge in [0.05, 0.1) is 16.5 Å². The van der Waals surface area contributed by atoms with Crippen LogP contribution in [-0.4, -0.2) is 85.6 Å². The first-order valence-corrected chi connectivity index (χ1v) is 11.9. The maximum atomic E-state index is 13.0. The number of benzene rings is 1. The number of hydrogen-bond donors (Lipinski definition) is 1. The molecule has 1 aromatic carbocycles. The van der Waals surface area contributed by atoms with Gasteiger partial charge in [-0.1, -0.05) is 0 Å². The molecular formula is C23H28N4O5S. The summed E-state index contributed by atoms with van der Waals surface area (Å²) >= 11 is 0. The van der Waals surface area contributed by atoms with E-state index >= 15 is 0 Å². The molecule has 0 unspecified atom stereocenters. The van der Waals surface area contributed by atoms with E-state index in [2.05, 4.69) is 4.98 Å². The monoisotopic (exact) mass is 472 g/mol. The number of pyridine rings is 1. The summed E-state index contributed by atoms with van der Waals surface area (Å²) in [6, 6.07) is 8.22. The molecule has 0 saturated carbocycles. The van der Waals surface area contributed by atoms with Gasteiger partial charge in [-0.2, -0.15) is 0 Å². The number of Topliss-reactive ketones (excluding diaryl/α,β-unsaturated/α-hetero) is 1. The van der Waals surface area contributed by atoms with E-state index in [-0.39, 0.29) is 21.8 Å². The summed E-state index contributed by atoms with van der Waals surface area (Å²) < 4.78 is 25.7. The SMILES string of the molecule is CN(C)CCCN1C(=O)C(=O)/C(=C(/O)c2ccc(S(=O)(=O)N(C)C)cc2)[C@@H]1c1ccncc1. The molecule has 3 rings (SSSR count). The molecule has 0 radical (unpaired) electrons. The molecule has 1 amide bonds. The molecule has 0 spiro atoms. The van der Waals surface area contributed by atoms with Gasteiger partial charge in [-0.05, 0) is 69.0 Å². The van der Waals surface area contributed by atoms with Crippen LogP contribution < -0.4 is 0 Å². The molecule has 2 aromatic rings. The average molecular weight is 473 g/mol. The van der Waals surface area contributed by atoms with Crippen LogP contribution in [0.15, 0.2) is 59.3 Å². The van der Waals surface area contributed by atoms with E-state index in [1.165, 1.54) is 43.3 Å². The third-order valence-corrected chi connectivity index (χ3v) is 7.30. The Labute approximate surface area is 194 Å². The van der Waals surface area contributed by atoms with Crippen LogP contribution >= 0.6 is 0 Å². The normalized spacial score (nSPS) is 18.5. The smallest absolute Gasteiger partial charge is 0.295 e. The molecule has 1 atom stereocenters. The molecule has 1 aliphatic heterocycles. The van der Waals surface area contributed by atoms with Gasteiger partial charge in [0.15, 0.2) is 0 Å².